The Hall–Kier alpha value is -2.96. The third kappa shape index (κ3) is 2.27. The Morgan fingerprint density at radius 3 is 2.77 bits per heavy atom. The summed E-state index contributed by atoms with van der Waals surface area (Å²) in [5.74, 6) is 0.422. The SMILES string of the molecule is Cc1nc2c(cc(Oc3c(C#N)c(=O)n(C)c(=O)n3C)c3ccsc32)s1. The van der Waals surface area contributed by atoms with Gasteiger partial charge in [-0.25, -0.2) is 9.78 Å². The van der Waals surface area contributed by atoms with Crippen LogP contribution < -0.4 is 16.0 Å². The average molecular weight is 384 g/mol. The molecule has 0 radical (unpaired) electrons. The van der Waals surface area contributed by atoms with E-state index in [1.807, 2.05) is 30.5 Å². The second-order valence-corrected chi connectivity index (χ2v) is 7.87. The fourth-order valence-electron chi connectivity index (χ4n) is 2.82. The second kappa shape index (κ2) is 5.79. The van der Waals surface area contributed by atoms with Crippen molar-refractivity contribution in [2.75, 3.05) is 0 Å². The van der Waals surface area contributed by atoms with Crippen molar-refractivity contribution in [1.82, 2.24) is 14.1 Å². The molecule has 0 atom stereocenters. The lowest BCUT2D eigenvalue weighted by atomic mass is 10.2. The number of hydrogen-bond donors (Lipinski definition) is 0. The Morgan fingerprint density at radius 2 is 2.04 bits per heavy atom. The van der Waals surface area contributed by atoms with Crippen LogP contribution in [0.25, 0.3) is 20.3 Å². The Morgan fingerprint density at radius 1 is 1.27 bits per heavy atom. The minimum absolute atomic E-state index is 0.0614. The average Bonchev–Trinajstić information content (AvgIpc) is 3.24. The van der Waals surface area contributed by atoms with Gasteiger partial charge in [0.05, 0.1) is 19.9 Å². The first-order valence-corrected chi connectivity index (χ1v) is 9.27. The van der Waals surface area contributed by atoms with E-state index in [-0.39, 0.29) is 11.4 Å². The molecule has 7 nitrogen and oxygen atoms in total. The van der Waals surface area contributed by atoms with Crippen LogP contribution in [-0.4, -0.2) is 14.1 Å². The van der Waals surface area contributed by atoms with E-state index in [1.165, 1.54) is 30.0 Å². The topological polar surface area (TPSA) is 89.9 Å². The van der Waals surface area contributed by atoms with Crippen LogP contribution in [-0.2, 0) is 14.1 Å². The van der Waals surface area contributed by atoms with E-state index in [0.29, 0.717) is 5.75 Å². The van der Waals surface area contributed by atoms with Crippen LogP contribution in [0.3, 0.4) is 0 Å². The number of aryl methyl sites for hydroxylation is 1. The minimum Gasteiger partial charge on any atom is -0.438 e. The standard InChI is InChI=1S/C17H12N4O3S2/c1-8-19-13-12(26-8)6-11(9-4-5-25-14(9)13)24-16-10(7-18)15(22)20(2)17(23)21(16)3/h4-6H,1-3H3. The molecule has 0 fully saturated rings. The molecular weight excluding hydrogens is 372 g/mol. The molecular formula is C17H12N4O3S2. The molecule has 0 saturated heterocycles. The molecule has 0 spiro atoms. The molecule has 0 saturated carbocycles. The highest BCUT2D eigenvalue weighted by Crippen LogP contribution is 2.40. The van der Waals surface area contributed by atoms with Crippen molar-refractivity contribution in [2.24, 2.45) is 14.1 Å². The molecule has 0 N–H and O–H groups in total. The molecule has 130 valence electrons. The number of rotatable bonds is 2. The lowest BCUT2D eigenvalue weighted by molar-refractivity contribution is 0.426. The lowest BCUT2D eigenvalue weighted by Gasteiger charge is -2.13. The van der Waals surface area contributed by atoms with E-state index in [2.05, 4.69) is 4.98 Å². The number of ether oxygens (including phenoxy) is 1. The molecule has 4 rings (SSSR count). The van der Waals surface area contributed by atoms with Gasteiger partial charge in [0.1, 0.15) is 11.8 Å². The van der Waals surface area contributed by atoms with Gasteiger partial charge in [0.25, 0.3) is 5.56 Å². The van der Waals surface area contributed by atoms with Crippen molar-refractivity contribution in [2.45, 2.75) is 6.92 Å². The zero-order valence-electron chi connectivity index (χ0n) is 14.1. The third-order valence-electron chi connectivity index (χ3n) is 4.10. The van der Waals surface area contributed by atoms with Crippen LogP contribution >= 0.6 is 22.7 Å². The van der Waals surface area contributed by atoms with E-state index in [9.17, 15) is 14.9 Å². The first-order valence-electron chi connectivity index (χ1n) is 7.57. The van der Waals surface area contributed by atoms with E-state index in [0.717, 1.165) is 29.9 Å². The molecule has 0 unspecified atom stereocenters. The van der Waals surface area contributed by atoms with Crippen LogP contribution in [0.1, 0.15) is 10.6 Å². The molecule has 0 aliphatic carbocycles. The predicted octanol–water partition coefficient (Wildman–Crippen LogP) is 2.88. The van der Waals surface area contributed by atoms with Gasteiger partial charge in [-0.05, 0) is 18.4 Å². The van der Waals surface area contributed by atoms with Crippen LogP contribution in [0.5, 0.6) is 11.6 Å². The molecule has 0 aliphatic heterocycles. The second-order valence-electron chi connectivity index (χ2n) is 5.72. The number of fused-ring (bicyclic) bond motifs is 3. The summed E-state index contributed by atoms with van der Waals surface area (Å²) in [4.78, 5) is 29.0. The zero-order chi connectivity index (χ0) is 18.6. The van der Waals surface area contributed by atoms with E-state index >= 15 is 0 Å². The highest BCUT2D eigenvalue weighted by atomic mass is 32.1. The number of aromatic nitrogens is 3. The fourth-order valence-corrected chi connectivity index (χ4v) is 4.65. The summed E-state index contributed by atoms with van der Waals surface area (Å²) in [7, 11) is 2.80. The molecule has 3 aromatic heterocycles. The Balaban J connectivity index is 2.02. The Labute approximate surface area is 155 Å². The van der Waals surface area contributed by atoms with Crippen LogP contribution in [0.4, 0.5) is 0 Å². The van der Waals surface area contributed by atoms with Gasteiger partial charge in [-0.1, -0.05) is 0 Å². The minimum atomic E-state index is -0.679. The van der Waals surface area contributed by atoms with E-state index in [4.69, 9.17) is 4.74 Å². The predicted molar refractivity (Wildman–Crippen MR) is 101 cm³/mol. The van der Waals surface area contributed by atoms with E-state index in [1.54, 1.807) is 11.3 Å². The lowest BCUT2D eigenvalue weighted by Crippen LogP contribution is -2.38. The largest absolute Gasteiger partial charge is 0.438 e. The van der Waals surface area contributed by atoms with Gasteiger partial charge in [0, 0.05) is 25.5 Å². The number of nitrogens with zero attached hydrogens (tertiary/aromatic N) is 4. The first kappa shape index (κ1) is 16.5. The molecule has 3 heterocycles. The summed E-state index contributed by atoms with van der Waals surface area (Å²) >= 11 is 3.08. The van der Waals surface area contributed by atoms with Gasteiger partial charge in [-0.2, -0.15) is 5.26 Å². The van der Waals surface area contributed by atoms with Crippen molar-refractivity contribution in [3.63, 3.8) is 0 Å². The van der Waals surface area contributed by atoms with Crippen LogP contribution in [0.15, 0.2) is 27.1 Å². The molecule has 9 heteroatoms. The Bertz CT molecular complexity index is 1350. The molecule has 0 amide bonds. The van der Waals surface area contributed by atoms with Gasteiger partial charge in [-0.15, -0.1) is 22.7 Å². The number of nitriles is 1. The smallest absolute Gasteiger partial charge is 0.333 e. The van der Waals surface area contributed by atoms with Crippen LogP contribution in [0.2, 0.25) is 0 Å². The highest BCUT2D eigenvalue weighted by Gasteiger charge is 2.20. The van der Waals surface area contributed by atoms with Gasteiger partial charge in [0.2, 0.25) is 5.88 Å². The zero-order valence-corrected chi connectivity index (χ0v) is 15.7. The highest BCUT2D eigenvalue weighted by molar-refractivity contribution is 7.21. The van der Waals surface area contributed by atoms with Crippen molar-refractivity contribution in [1.29, 1.82) is 5.26 Å². The molecule has 1 aromatic carbocycles. The molecule has 26 heavy (non-hydrogen) atoms. The van der Waals surface area contributed by atoms with Gasteiger partial charge >= 0.3 is 5.69 Å². The van der Waals surface area contributed by atoms with Crippen molar-refractivity contribution in [3.8, 4) is 17.7 Å². The third-order valence-corrected chi connectivity index (χ3v) is 5.94. The van der Waals surface area contributed by atoms with Crippen molar-refractivity contribution in [3.05, 3.63) is 48.9 Å². The quantitative estimate of drug-likeness (QED) is 0.530. The number of thiophene rings is 1. The van der Waals surface area contributed by atoms with Crippen molar-refractivity contribution >= 4 is 43.0 Å². The van der Waals surface area contributed by atoms with Gasteiger partial charge in [0.15, 0.2) is 5.56 Å². The van der Waals surface area contributed by atoms with Gasteiger partial charge < -0.3 is 4.74 Å². The summed E-state index contributed by atoms with van der Waals surface area (Å²) in [5.41, 5.74) is -0.538. The fraction of sp³-hybridized carbons (Fsp3) is 0.176. The molecule has 4 aromatic rings. The van der Waals surface area contributed by atoms with E-state index < -0.39 is 11.2 Å². The Kier molecular flexibility index (Phi) is 3.68. The maximum absolute atomic E-state index is 12.3. The van der Waals surface area contributed by atoms with Gasteiger partial charge in [-0.3, -0.25) is 13.9 Å². The first-order chi connectivity index (χ1) is 12.4. The number of benzene rings is 1. The molecule has 0 bridgehead atoms. The van der Waals surface area contributed by atoms with Crippen LogP contribution in [0, 0.1) is 18.3 Å². The molecule has 0 aliphatic rings. The summed E-state index contributed by atoms with van der Waals surface area (Å²) in [5, 5.41) is 13.1. The summed E-state index contributed by atoms with van der Waals surface area (Å²) in [6, 6.07) is 5.58. The number of hydrogen-bond acceptors (Lipinski definition) is 7. The monoisotopic (exact) mass is 384 g/mol. The summed E-state index contributed by atoms with van der Waals surface area (Å²) in [6.45, 7) is 1.93. The van der Waals surface area contributed by atoms with Crippen molar-refractivity contribution < 1.29 is 4.74 Å². The summed E-state index contributed by atoms with van der Waals surface area (Å²) in [6.07, 6.45) is 0. The number of thiazole rings is 1. The maximum atomic E-state index is 12.3. The summed E-state index contributed by atoms with van der Waals surface area (Å²) < 4.78 is 9.92. The normalized spacial score (nSPS) is 11.2. The maximum Gasteiger partial charge on any atom is 0.333 e.